The van der Waals surface area contributed by atoms with Gasteiger partial charge >= 0.3 is 0 Å². The van der Waals surface area contributed by atoms with Gasteiger partial charge in [0.2, 0.25) is 0 Å². The van der Waals surface area contributed by atoms with Crippen molar-refractivity contribution in [3.63, 3.8) is 0 Å². The minimum absolute atomic E-state index is 1.22. The summed E-state index contributed by atoms with van der Waals surface area (Å²) in [5, 5.41) is 0. The summed E-state index contributed by atoms with van der Waals surface area (Å²) >= 11 is 0. The summed E-state index contributed by atoms with van der Waals surface area (Å²) in [5.41, 5.74) is 6.53. The number of allylic oxidation sites excluding steroid dienone is 3. The summed E-state index contributed by atoms with van der Waals surface area (Å²) in [6, 6.07) is 4.44. The van der Waals surface area contributed by atoms with E-state index >= 15 is 0 Å². The van der Waals surface area contributed by atoms with Crippen LogP contribution in [0.5, 0.6) is 0 Å². The van der Waals surface area contributed by atoms with Gasteiger partial charge in [-0.25, -0.2) is 0 Å². The smallest absolute Gasteiger partial charge is 0.0129 e. The Kier molecular flexibility index (Phi) is 3.29. The molecule has 14 heavy (non-hydrogen) atoms. The summed E-state index contributed by atoms with van der Waals surface area (Å²) in [4.78, 5) is 0. The molecule has 0 atom stereocenters. The maximum absolute atomic E-state index is 3.84. The van der Waals surface area contributed by atoms with Crippen LogP contribution < -0.4 is 0 Å². The molecule has 0 aliphatic carbocycles. The lowest BCUT2D eigenvalue weighted by Crippen LogP contribution is -1.92. The number of hydrogen-bond donors (Lipinski definition) is 0. The fraction of sp³-hybridized carbons (Fsp3) is 0.286. The van der Waals surface area contributed by atoms with E-state index in [2.05, 4.69) is 52.5 Å². The van der Waals surface area contributed by atoms with Crippen molar-refractivity contribution in [1.29, 1.82) is 0 Å². The minimum atomic E-state index is 1.22. The first-order valence-electron chi connectivity index (χ1n) is 4.97. The van der Waals surface area contributed by atoms with E-state index in [4.69, 9.17) is 0 Å². The Morgan fingerprint density at radius 2 is 1.64 bits per heavy atom. The Bertz CT molecular complexity index is 358. The average molecular weight is 186 g/mol. The van der Waals surface area contributed by atoms with Crippen LogP contribution in [-0.2, 0) is 0 Å². The summed E-state index contributed by atoms with van der Waals surface area (Å²) in [7, 11) is 0. The summed E-state index contributed by atoms with van der Waals surface area (Å²) < 4.78 is 0. The van der Waals surface area contributed by atoms with Crippen LogP contribution in [0, 0.1) is 20.8 Å². The summed E-state index contributed by atoms with van der Waals surface area (Å²) in [6.07, 6.45) is 4.03. The molecule has 0 amide bonds. The standard InChI is InChI=1S/C14H18/c1-6-13(7-2)14-11(4)8-10(3)9-12(14)5/h6-9H,1H2,2-5H3/b13-7-. The van der Waals surface area contributed by atoms with Crippen LogP contribution in [0.1, 0.15) is 29.2 Å². The molecule has 0 heterocycles. The second-order valence-electron chi connectivity index (χ2n) is 3.72. The molecular formula is C14H18. The molecule has 0 heteroatoms. The number of hydrogen-bond acceptors (Lipinski definition) is 0. The number of benzene rings is 1. The second-order valence-corrected chi connectivity index (χ2v) is 3.72. The van der Waals surface area contributed by atoms with Gasteiger partial charge in [0.1, 0.15) is 0 Å². The van der Waals surface area contributed by atoms with Gasteiger partial charge < -0.3 is 0 Å². The van der Waals surface area contributed by atoms with Crippen molar-refractivity contribution in [3.8, 4) is 0 Å². The highest BCUT2D eigenvalue weighted by atomic mass is 14.1. The van der Waals surface area contributed by atoms with Crippen molar-refractivity contribution in [1.82, 2.24) is 0 Å². The van der Waals surface area contributed by atoms with Crippen molar-refractivity contribution in [2.75, 3.05) is 0 Å². The van der Waals surface area contributed by atoms with Crippen LogP contribution in [0.2, 0.25) is 0 Å². The van der Waals surface area contributed by atoms with Gasteiger partial charge in [0, 0.05) is 0 Å². The summed E-state index contributed by atoms with van der Waals surface area (Å²) in [6.45, 7) is 12.3. The first-order chi connectivity index (χ1) is 6.60. The molecule has 1 aromatic rings. The molecule has 0 nitrogen and oxygen atoms in total. The van der Waals surface area contributed by atoms with E-state index in [0.717, 1.165) is 0 Å². The lowest BCUT2D eigenvalue weighted by Gasteiger charge is -2.11. The topological polar surface area (TPSA) is 0 Å². The summed E-state index contributed by atoms with van der Waals surface area (Å²) in [5.74, 6) is 0. The van der Waals surface area contributed by atoms with Crippen molar-refractivity contribution >= 4 is 5.57 Å². The first kappa shape index (κ1) is 10.8. The van der Waals surface area contributed by atoms with Gasteiger partial charge in [-0.15, -0.1) is 0 Å². The van der Waals surface area contributed by atoms with Crippen molar-refractivity contribution in [3.05, 3.63) is 53.1 Å². The Hall–Kier alpha value is -1.30. The van der Waals surface area contributed by atoms with Gasteiger partial charge in [-0.1, -0.05) is 36.4 Å². The van der Waals surface area contributed by atoms with Gasteiger partial charge in [0.05, 0.1) is 0 Å². The van der Waals surface area contributed by atoms with E-state index in [0.29, 0.717) is 0 Å². The second kappa shape index (κ2) is 4.28. The third kappa shape index (κ3) is 1.95. The van der Waals surface area contributed by atoms with Gasteiger partial charge in [0.25, 0.3) is 0 Å². The molecule has 1 aromatic carbocycles. The molecule has 0 saturated carbocycles. The lowest BCUT2D eigenvalue weighted by atomic mass is 9.93. The molecule has 0 aromatic heterocycles. The van der Waals surface area contributed by atoms with E-state index < -0.39 is 0 Å². The Morgan fingerprint density at radius 3 is 2.00 bits per heavy atom. The molecule has 0 unspecified atom stereocenters. The van der Waals surface area contributed by atoms with E-state index in [9.17, 15) is 0 Å². The highest BCUT2D eigenvalue weighted by molar-refractivity contribution is 5.77. The van der Waals surface area contributed by atoms with E-state index in [1.165, 1.54) is 27.8 Å². The SMILES string of the molecule is C=C/C(=C/C)c1c(C)cc(C)cc1C. The van der Waals surface area contributed by atoms with Crippen molar-refractivity contribution in [2.45, 2.75) is 27.7 Å². The van der Waals surface area contributed by atoms with E-state index in [1.54, 1.807) is 0 Å². The fourth-order valence-electron chi connectivity index (χ4n) is 2.00. The normalized spacial score (nSPS) is 11.6. The predicted octanol–water partition coefficient (Wildman–Crippen LogP) is 4.20. The van der Waals surface area contributed by atoms with Crippen molar-refractivity contribution < 1.29 is 0 Å². The average Bonchev–Trinajstić information content (AvgIpc) is 2.10. The third-order valence-electron chi connectivity index (χ3n) is 2.50. The number of rotatable bonds is 2. The Balaban J connectivity index is 3.41. The lowest BCUT2D eigenvalue weighted by molar-refractivity contribution is 1.29. The highest BCUT2D eigenvalue weighted by Gasteiger charge is 2.05. The Labute approximate surface area is 87.0 Å². The fourth-order valence-corrected chi connectivity index (χ4v) is 2.00. The first-order valence-corrected chi connectivity index (χ1v) is 4.97. The molecule has 1 rings (SSSR count). The van der Waals surface area contributed by atoms with Gasteiger partial charge in [-0.05, 0) is 50.0 Å². The molecule has 0 aliphatic heterocycles. The molecule has 0 fully saturated rings. The zero-order valence-electron chi connectivity index (χ0n) is 9.52. The van der Waals surface area contributed by atoms with Crippen LogP contribution in [0.3, 0.4) is 0 Å². The van der Waals surface area contributed by atoms with Crippen LogP contribution in [0.4, 0.5) is 0 Å². The molecular weight excluding hydrogens is 168 g/mol. The van der Waals surface area contributed by atoms with Gasteiger partial charge in [0.15, 0.2) is 0 Å². The zero-order chi connectivity index (χ0) is 10.7. The maximum atomic E-state index is 3.84. The molecule has 0 aliphatic rings. The highest BCUT2D eigenvalue weighted by Crippen LogP contribution is 2.24. The van der Waals surface area contributed by atoms with Gasteiger partial charge in [-0.3, -0.25) is 0 Å². The van der Waals surface area contributed by atoms with E-state index in [-0.39, 0.29) is 0 Å². The predicted molar refractivity (Wildman–Crippen MR) is 64.5 cm³/mol. The molecule has 0 spiro atoms. The number of aryl methyl sites for hydroxylation is 3. The van der Waals surface area contributed by atoms with E-state index in [1.807, 2.05) is 6.08 Å². The monoisotopic (exact) mass is 186 g/mol. The minimum Gasteiger partial charge on any atom is -0.0985 e. The Morgan fingerprint density at radius 1 is 1.14 bits per heavy atom. The van der Waals surface area contributed by atoms with Crippen molar-refractivity contribution in [2.24, 2.45) is 0 Å². The molecule has 74 valence electrons. The molecule has 0 radical (unpaired) electrons. The van der Waals surface area contributed by atoms with Crippen LogP contribution in [0.15, 0.2) is 30.9 Å². The molecule has 0 bridgehead atoms. The van der Waals surface area contributed by atoms with Crippen LogP contribution in [0.25, 0.3) is 5.57 Å². The third-order valence-corrected chi connectivity index (χ3v) is 2.50. The zero-order valence-corrected chi connectivity index (χ0v) is 9.52. The maximum Gasteiger partial charge on any atom is -0.0129 e. The quantitative estimate of drug-likeness (QED) is 0.607. The molecule has 0 N–H and O–H groups in total. The largest absolute Gasteiger partial charge is 0.0985 e. The van der Waals surface area contributed by atoms with Gasteiger partial charge in [-0.2, -0.15) is 0 Å². The van der Waals surface area contributed by atoms with Crippen LogP contribution in [-0.4, -0.2) is 0 Å². The van der Waals surface area contributed by atoms with Crippen LogP contribution >= 0.6 is 0 Å². The molecule has 0 saturated heterocycles.